The lowest BCUT2D eigenvalue weighted by molar-refractivity contribution is -0.870. The molecule has 468 valence electrons. The average Bonchev–Trinajstić information content (AvgIpc) is 3.46. The number of quaternary nitrogens is 1. The molecule has 0 aliphatic carbocycles. The van der Waals surface area contributed by atoms with Crippen LogP contribution >= 0.6 is 0 Å². The number of aliphatic carboxylic acids is 1. The molecule has 0 rings (SSSR count). The summed E-state index contributed by atoms with van der Waals surface area (Å²) in [5.41, 5.74) is 0. The molecule has 1 N–H and O–H groups in total. The maximum atomic E-state index is 12.9. The fourth-order valence-electron chi connectivity index (χ4n) is 8.35. The van der Waals surface area contributed by atoms with Crippen molar-refractivity contribution in [2.45, 2.75) is 245 Å². The molecule has 0 saturated heterocycles. The Kier molecular flexibility index (Phi) is 59.1. The van der Waals surface area contributed by atoms with Gasteiger partial charge in [0.05, 0.1) is 34.4 Å². The van der Waals surface area contributed by atoms with Crippen LogP contribution in [0, 0.1) is 0 Å². The standard InChI is InChI=1S/C74H119NO8/c1-6-8-10-12-14-16-18-20-22-24-26-28-30-32-33-34-35-36-37-38-39-41-43-45-47-49-51-53-55-57-59-61-63-65-72(77)83-70(69-82-74(73(78)79)80-67-66-75(3,4)5)68-81-71(76)64-62-60-58-56-54-52-50-48-46-44-42-40-31-29-27-25-23-21-19-17-15-13-11-9-7-2/h8-11,14-17,20-23,26-29,32-33,35-36,38-40,42,46,48,70,74H,6-7,12-13,18-19,24-25,30-31,34,37,41,43-45,47,49-69H2,1-5H3/p+1/b10-8-,11-9-,16-14-,17-15-,22-20-,23-21-,28-26-,29-27-,33-32-,36-35-,39-38-,42-40-,48-46-. The van der Waals surface area contributed by atoms with Crippen LogP contribution in [0.25, 0.3) is 0 Å². The summed E-state index contributed by atoms with van der Waals surface area (Å²) in [6.07, 6.45) is 90.4. The number of nitrogens with zero attached hydrogens (tertiary/aromatic N) is 1. The van der Waals surface area contributed by atoms with Gasteiger partial charge in [-0.2, -0.15) is 0 Å². The van der Waals surface area contributed by atoms with Crippen molar-refractivity contribution in [3.05, 3.63) is 158 Å². The second kappa shape index (κ2) is 62.9. The lowest BCUT2D eigenvalue weighted by atomic mass is 10.0. The molecular formula is C74H120NO8+. The highest BCUT2D eigenvalue weighted by Crippen LogP contribution is 2.15. The van der Waals surface area contributed by atoms with E-state index in [0.717, 1.165) is 154 Å². The van der Waals surface area contributed by atoms with Crippen LogP contribution < -0.4 is 0 Å². The quantitative estimate of drug-likeness (QED) is 0.0211. The number of allylic oxidation sites excluding steroid dienone is 26. The van der Waals surface area contributed by atoms with Crippen LogP contribution in [0.1, 0.15) is 232 Å². The summed E-state index contributed by atoms with van der Waals surface area (Å²) in [5, 5.41) is 9.73. The maximum absolute atomic E-state index is 12.9. The van der Waals surface area contributed by atoms with Gasteiger partial charge in [0.1, 0.15) is 13.2 Å². The van der Waals surface area contributed by atoms with E-state index < -0.39 is 24.3 Å². The van der Waals surface area contributed by atoms with Gasteiger partial charge in [-0.3, -0.25) is 9.59 Å². The van der Waals surface area contributed by atoms with Crippen LogP contribution in [-0.2, 0) is 33.3 Å². The van der Waals surface area contributed by atoms with Gasteiger partial charge in [0.2, 0.25) is 0 Å². The van der Waals surface area contributed by atoms with Crippen LogP contribution in [0.5, 0.6) is 0 Å². The van der Waals surface area contributed by atoms with E-state index in [1.54, 1.807) is 0 Å². The van der Waals surface area contributed by atoms with Gasteiger partial charge in [-0.15, -0.1) is 0 Å². The Hall–Kier alpha value is -5.09. The lowest BCUT2D eigenvalue weighted by Crippen LogP contribution is -2.40. The lowest BCUT2D eigenvalue weighted by Gasteiger charge is -2.25. The van der Waals surface area contributed by atoms with Gasteiger partial charge in [-0.05, 0) is 122 Å². The van der Waals surface area contributed by atoms with Crippen LogP contribution in [0.3, 0.4) is 0 Å². The Morgan fingerprint density at radius 1 is 0.361 bits per heavy atom. The smallest absolute Gasteiger partial charge is 0.361 e. The third-order valence-electron chi connectivity index (χ3n) is 13.3. The van der Waals surface area contributed by atoms with E-state index >= 15 is 0 Å². The number of hydrogen-bond acceptors (Lipinski definition) is 7. The van der Waals surface area contributed by atoms with Gasteiger partial charge in [0.15, 0.2) is 6.10 Å². The number of carbonyl (C=O) groups excluding carboxylic acids is 2. The Labute approximate surface area is 508 Å². The number of likely N-dealkylation sites (N-methyl/N-ethyl adjacent to an activating group) is 1. The fourth-order valence-corrected chi connectivity index (χ4v) is 8.35. The first-order chi connectivity index (χ1) is 40.6. The second-order valence-electron chi connectivity index (χ2n) is 22.3. The Bertz CT molecular complexity index is 1920. The topological polar surface area (TPSA) is 108 Å². The normalized spacial score (nSPS) is 13.8. The van der Waals surface area contributed by atoms with Crippen molar-refractivity contribution >= 4 is 17.9 Å². The highest BCUT2D eigenvalue weighted by molar-refractivity contribution is 5.71. The Balaban J connectivity index is 4.25. The summed E-state index contributed by atoms with van der Waals surface area (Å²) in [6, 6.07) is 0. The molecule has 0 amide bonds. The number of rotatable bonds is 58. The molecule has 0 fully saturated rings. The SMILES string of the molecule is CC/C=C\C/C=C\C/C=C\C/C=C\C/C=C\C/C=C\C/C=C\CCCCCCCCCCCCCC(=O)OC(COC(=O)CCCCCCCC/C=C\C/C=C\C/C=C\C/C=C\C/C=C\C/C=C\CC)COC(OCC[N+](C)(C)C)C(=O)O. The predicted octanol–water partition coefficient (Wildman–Crippen LogP) is 20.1. The Morgan fingerprint density at radius 3 is 0.964 bits per heavy atom. The van der Waals surface area contributed by atoms with Crippen molar-refractivity contribution < 1.29 is 42.9 Å². The number of carboxylic acids is 1. The number of carbonyl (C=O) groups is 3. The largest absolute Gasteiger partial charge is 0.477 e. The molecule has 0 saturated carbocycles. The van der Waals surface area contributed by atoms with Crippen molar-refractivity contribution in [1.29, 1.82) is 0 Å². The monoisotopic (exact) mass is 1150 g/mol. The molecule has 0 aliphatic heterocycles. The molecule has 2 unspecified atom stereocenters. The number of ether oxygens (including phenoxy) is 4. The van der Waals surface area contributed by atoms with Crippen LogP contribution in [0.2, 0.25) is 0 Å². The van der Waals surface area contributed by atoms with Crippen molar-refractivity contribution in [3.63, 3.8) is 0 Å². The van der Waals surface area contributed by atoms with Crippen LogP contribution in [-0.4, -0.2) is 87.4 Å². The summed E-state index contributed by atoms with van der Waals surface area (Å²) in [6.45, 7) is 4.61. The van der Waals surface area contributed by atoms with Gasteiger partial charge >= 0.3 is 17.9 Å². The minimum atomic E-state index is -1.53. The zero-order chi connectivity index (χ0) is 60.5. The third-order valence-corrected chi connectivity index (χ3v) is 13.3. The van der Waals surface area contributed by atoms with Crippen molar-refractivity contribution in [2.75, 3.05) is 47.5 Å². The zero-order valence-electron chi connectivity index (χ0n) is 53.3. The first-order valence-corrected chi connectivity index (χ1v) is 32.6. The highest BCUT2D eigenvalue weighted by atomic mass is 16.7. The molecule has 0 aromatic heterocycles. The zero-order valence-corrected chi connectivity index (χ0v) is 53.3. The third kappa shape index (κ3) is 64.3. The van der Waals surface area contributed by atoms with E-state index in [0.29, 0.717) is 17.4 Å². The Morgan fingerprint density at radius 2 is 0.651 bits per heavy atom. The van der Waals surface area contributed by atoms with Gasteiger partial charge in [0, 0.05) is 12.8 Å². The van der Waals surface area contributed by atoms with E-state index in [1.807, 2.05) is 21.1 Å². The fraction of sp³-hybridized carbons (Fsp3) is 0.608. The summed E-state index contributed by atoms with van der Waals surface area (Å²) >= 11 is 0. The molecule has 9 nitrogen and oxygen atoms in total. The number of carboxylic acid groups (broad SMARTS) is 1. The molecule has 0 bridgehead atoms. The van der Waals surface area contributed by atoms with E-state index in [-0.39, 0.29) is 38.6 Å². The van der Waals surface area contributed by atoms with Crippen molar-refractivity contribution in [1.82, 2.24) is 0 Å². The molecule has 0 aromatic carbocycles. The van der Waals surface area contributed by atoms with Crippen LogP contribution in [0.15, 0.2) is 158 Å². The number of unbranched alkanes of at least 4 members (excludes halogenated alkanes) is 17. The first kappa shape index (κ1) is 77.9. The molecule has 0 aliphatic rings. The molecular weight excluding hydrogens is 1030 g/mol. The van der Waals surface area contributed by atoms with E-state index in [4.69, 9.17) is 18.9 Å². The van der Waals surface area contributed by atoms with E-state index in [9.17, 15) is 19.5 Å². The molecule has 2 atom stereocenters. The average molecular weight is 1150 g/mol. The number of hydrogen-bond donors (Lipinski definition) is 1. The first-order valence-electron chi connectivity index (χ1n) is 32.6. The van der Waals surface area contributed by atoms with Gasteiger partial charge in [-0.25, -0.2) is 4.79 Å². The van der Waals surface area contributed by atoms with E-state index in [1.165, 1.54) is 44.9 Å². The van der Waals surface area contributed by atoms with Gasteiger partial charge in [0.25, 0.3) is 6.29 Å². The van der Waals surface area contributed by atoms with Crippen molar-refractivity contribution in [2.24, 2.45) is 0 Å². The minimum absolute atomic E-state index is 0.176. The maximum Gasteiger partial charge on any atom is 0.361 e. The molecule has 0 radical (unpaired) electrons. The highest BCUT2D eigenvalue weighted by Gasteiger charge is 2.25. The molecule has 0 spiro atoms. The molecule has 0 heterocycles. The summed E-state index contributed by atoms with van der Waals surface area (Å²) in [5.74, 6) is -2.04. The minimum Gasteiger partial charge on any atom is -0.477 e. The van der Waals surface area contributed by atoms with Crippen LogP contribution in [0.4, 0.5) is 0 Å². The number of esters is 2. The summed E-state index contributed by atoms with van der Waals surface area (Å²) in [4.78, 5) is 37.6. The second-order valence-corrected chi connectivity index (χ2v) is 22.3. The molecule has 83 heavy (non-hydrogen) atoms. The summed E-state index contributed by atoms with van der Waals surface area (Å²) in [7, 11) is 5.96. The predicted molar refractivity (Wildman–Crippen MR) is 354 cm³/mol. The molecule has 0 aromatic rings. The molecule has 9 heteroatoms. The van der Waals surface area contributed by atoms with Gasteiger partial charge in [-0.1, -0.05) is 255 Å². The van der Waals surface area contributed by atoms with Crippen molar-refractivity contribution in [3.8, 4) is 0 Å². The summed E-state index contributed by atoms with van der Waals surface area (Å²) < 4.78 is 22.9. The van der Waals surface area contributed by atoms with Gasteiger partial charge < -0.3 is 28.5 Å². The van der Waals surface area contributed by atoms with E-state index in [2.05, 4.69) is 172 Å².